The van der Waals surface area contributed by atoms with E-state index < -0.39 is 0 Å². The Balaban J connectivity index is 2.42. The lowest BCUT2D eigenvalue weighted by molar-refractivity contribution is -0.119. The Kier molecular flexibility index (Phi) is 1.50. The summed E-state index contributed by atoms with van der Waals surface area (Å²) in [5, 5.41) is 3.10. The summed E-state index contributed by atoms with van der Waals surface area (Å²) in [4.78, 5) is 10.9. The van der Waals surface area contributed by atoms with Gasteiger partial charge in [-0.2, -0.15) is 0 Å². The number of anilines is 1. The molecule has 3 N–H and O–H groups in total. The molecular weight excluding hydrogens is 152 g/mol. The number of carbonyl (C=O) groups excluding carboxylic acids is 1. The predicted molar refractivity (Wildman–Crippen MR) is 45.7 cm³/mol. The summed E-state index contributed by atoms with van der Waals surface area (Å²) in [5.74, 6) is -0.443. The summed E-state index contributed by atoms with van der Waals surface area (Å²) >= 11 is 0. The number of benzene rings is 1. The highest BCUT2D eigenvalue weighted by Crippen LogP contribution is 2.30. The molecule has 0 aromatic heterocycles. The molecule has 1 aromatic rings. The van der Waals surface area contributed by atoms with Gasteiger partial charge in [-0.25, -0.2) is 0 Å². The number of rotatable bonds is 1. The summed E-state index contributed by atoms with van der Waals surface area (Å²) in [6, 6.07) is 8.44. The predicted octanol–water partition coefficient (Wildman–Crippen LogP) is 0.481. The van der Waals surface area contributed by atoms with Crippen LogP contribution in [0.15, 0.2) is 18.2 Å². The van der Waals surface area contributed by atoms with E-state index in [0.717, 1.165) is 11.3 Å². The standard InChI is InChI=1S/C9H9N2O/c10-9(12)7-5-11-8-4-2-1-3-6(7)8/h1,3-4,7,11H,5H2,(H2,10,12). The number of fused-ring (bicyclic) bond motifs is 1. The van der Waals surface area contributed by atoms with Crippen LogP contribution in [0.4, 0.5) is 5.69 Å². The lowest BCUT2D eigenvalue weighted by atomic mass is 10.0. The second-order valence-corrected chi connectivity index (χ2v) is 2.85. The molecule has 1 aromatic carbocycles. The van der Waals surface area contributed by atoms with Gasteiger partial charge in [0.05, 0.1) is 5.92 Å². The van der Waals surface area contributed by atoms with Crippen molar-refractivity contribution in [2.24, 2.45) is 5.73 Å². The van der Waals surface area contributed by atoms with Crippen molar-refractivity contribution in [2.75, 3.05) is 11.9 Å². The molecule has 0 fully saturated rings. The topological polar surface area (TPSA) is 55.1 Å². The first-order valence-corrected chi connectivity index (χ1v) is 3.82. The second-order valence-electron chi connectivity index (χ2n) is 2.85. The van der Waals surface area contributed by atoms with E-state index in [-0.39, 0.29) is 11.8 Å². The van der Waals surface area contributed by atoms with E-state index in [0.29, 0.717) is 6.54 Å². The van der Waals surface area contributed by atoms with Crippen LogP contribution >= 0.6 is 0 Å². The van der Waals surface area contributed by atoms with E-state index in [2.05, 4.69) is 11.4 Å². The maximum absolute atomic E-state index is 10.9. The third-order valence-corrected chi connectivity index (χ3v) is 2.11. The normalized spacial score (nSPS) is 19.8. The smallest absolute Gasteiger partial charge is 0.226 e. The molecular formula is C9H9N2O. The highest BCUT2D eigenvalue weighted by atomic mass is 16.1. The van der Waals surface area contributed by atoms with Gasteiger partial charge in [-0.15, -0.1) is 0 Å². The molecule has 0 bridgehead atoms. The van der Waals surface area contributed by atoms with Gasteiger partial charge in [-0.3, -0.25) is 4.79 Å². The van der Waals surface area contributed by atoms with Crippen LogP contribution in [-0.2, 0) is 4.79 Å². The first-order valence-electron chi connectivity index (χ1n) is 3.82. The number of nitrogens with two attached hydrogens (primary N) is 1. The lowest BCUT2D eigenvalue weighted by Crippen LogP contribution is -2.22. The quantitative estimate of drug-likeness (QED) is 0.629. The van der Waals surface area contributed by atoms with Crippen LogP contribution < -0.4 is 11.1 Å². The van der Waals surface area contributed by atoms with Crippen molar-refractivity contribution in [2.45, 2.75) is 5.92 Å². The van der Waals surface area contributed by atoms with Crippen molar-refractivity contribution in [1.82, 2.24) is 0 Å². The Morgan fingerprint density at radius 3 is 3.33 bits per heavy atom. The Morgan fingerprint density at radius 1 is 1.75 bits per heavy atom. The molecule has 1 atom stereocenters. The lowest BCUT2D eigenvalue weighted by Gasteiger charge is -2.02. The number of hydrogen-bond donors (Lipinski definition) is 2. The van der Waals surface area contributed by atoms with E-state index in [4.69, 9.17) is 5.73 Å². The molecule has 0 saturated heterocycles. The minimum atomic E-state index is -0.271. The van der Waals surface area contributed by atoms with Gasteiger partial charge >= 0.3 is 0 Å². The summed E-state index contributed by atoms with van der Waals surface area (Å²) in [6.07, 6.45) is 0. The van der Waals surface area contributed by atoms with Crippen LogP contribution in [0.5, 0.6) is 0 Å². The zero-order valence-electron chi connectivity index (χ0n) is 6.50. The minimum absolute atomic E-state index is 0.172. The molecule has 0 spiro atoms. The largest absolute Gasteiger partial charge is 0.384 e. The number of hydrogen-bond acceptors (Lipinski definition) is 2. The van der Waals surface area contributed by atoms with Crippen LogP contribution in [-0.4, -0.2) is 12.5 Å². The van der Waals surface area contributed by atoms with Crippen molar-refractivity contribution in [3.05, 3.63) is 29.8 Å². The molecule has 1 aliphatic rings. The van der Waals surface area contributed by atoms with Gasteiger partial charge in [0.2, 0.25) is 5.91 Å². The first-order chi connectivity index (χ1) is 5.79. The third-order valence-electron chi connectivity index (χ3n) is 2.11. The fraction of sp³-hybridized carbons (Fsp3) is 0.222. The molecule has 2 rings (SSSR count). The van der Waals surface area contributed by atoms with Gasteiger partial charge in [-0.05, 0) is 17.7 Å². The monoisotopic (exact) mass is 161 g/mol. The molecule has 1 radical (unpaired) electrons. The van der Waals surface area contributed by atoms with Gasteiger partial charge < -0.3 is 11.1 Å². The van der Waals surface area contributed by atoms with E-state index in [1.807, 2.05) is 12.1 Å². The number of carbonyl (C=O) groups is 1. The minimum Gasteiger partial charge on any atom is -0.384 e. The molecule has 1 unspecified atom stereocenters. The number of primary amides is 1. The maximum Gasteiger partial charge on any atom is 0.226 e. The van der Waals surface area contributed by atoms with Crippen LogP contribution in [0.1, 0.15) is 11.5 Å². The second kappa shape index (κ2) is 2.52. The average molecular weight is 161 g/mol. The van der Waals surface area contributed by atoms with Crippen LogP contribution in [0, 0.1) is 6.07 Å². The van der Waals surface area contributed by atoms with Gasteiger partial charge in [0.1, 0.15) is 0 Å². The Labute approximate surface area is 70.6 Å². The van der Waals surface area contributed by atoms with Gasteiger partial charge in [0.25, 0.3) is 0 Å². The highest BCUT2D eigenvalue weighted by molar-refractivity contribution is 5.86. The molecule has 12 heavy (non-hydrogen) atoms. The van der Waals surface area contributed by atoms with Gasteiger partial charge in [0, 0.05) is 12.2 Å². The summed E-state index contributed by atoms with van der Waals surface area (Å²) in [7, 11) is 0. The third kappa shape index (κ3) is 0.942. The molecule has 0 saturated carbocycles. The zero-order valence-corrected chi connectivity index (χ0v) is 6.50. The first kappa shape index (κ1) is 7.16. The van der Waals surface area contributed by atoms with E-state index >= 15 is 0 Å². The van der Waals surface area contributed by atoms with E-state index in [1.165, 1.54) is 0 Å². The maximum atomic E-state index is 10.9. The van der Waals surface area contributed by atoms with Crippen LogP contribution in [0.2, 0.25) is 0 Å². The summed E-state index contributed by atoms with van der Waals surface area (Å²) in [6.45, 7) is 0.614. The van der Waals surface area contributed by atoms with Crippen molar-refractivity contribution >= 4 is 11.6 Å². The molecule has 61 valence electrons. The van der Waals surface area contributed by atoms with Crippen LogP contribution in [0.3, 0.4) is 0 Å². The molecule has 3 nitrogen and oxygen atoms in total. The van der Waals surface area contributed by atoms with Crippen molar-refractivity contribution in [3.63, 3.8) is 0 Å². The molecule has 1 heterocycles. The summed E-state index contributed by atoms with van der Waals surface area (Å²) in [5.41, 5.74) is 7.18. The zero-order chi connectivity index (χ0) is 8.55. The Morgan fingerprint density at radius 2 is 2.58 bits per heavy atom. The Hall–Kier alpha value is -1.51. The average Bonchev–Trinajstić information content (AvgIpc) is 2.47. The van der Waals surface area contributed by atoms with Crippen molar-refractivity contribution < 1.29 is 4.79 Å². The van der Waals surface area contributed by atoms with Gasteiger partial charge in [0.15, 0.2) is 0 Å². The van der Waals surface area contributed by atoms with E-state index in [1.54, 1.807) is 6.07 Å². The van der Waals surface area contributed by atoms with Crippen LogP contribution in [0.25, 0.3) is 0 Å². The summed E-state index contributed by atoms with van der Waals surface area (Å²) < 4.78 is 0. The SMILES string of the molecule is NC(=O)C1CNc2c[c]ccc21. The fourth-order valence-electron chi connectivity index (χ4n) is 1.48. The molecule has 1 amide bonds. The highest BCUT2D eigenvalue weighted by Gasteiger charge is 2.25. The molecule has 3 heteroatoms. The molecule has 1 aliphatic heterocycles. The fourth-order valence-corrected chi connectivity index (χ4v) is 1.48. The van der Waals surface area contributed by atoms with E-state index in [9.17, 15) is 4.79 Å². The molecule has 0 aliphatic carbocycles. The number of amides is 1. The van der Waals surface area contributed by atoms with Gasteiger partial charge in [-0.1, -0.05) is 12.1 Å². The Bertz CT molecular complexity index is 322. The van der Waals surface area contributed by atoms with Crippen molar-refractivity contribution in [3.8, 4) is 0 Å². The number of nitrogens with one attached hydrogen (secondary N) is 1. The van der Waals surface area contributed by atoms with Crippen molar-refractivity contribution in [1.29, 1.82) is 0 Å².